The van der Waals surface area contributed by atoms with E-state index in [4.69, 9.17) is 15.7 Å². The van der Waals surface area contributed by atoms with E-state index in [1.165, 1.54) is 6.08 Å². The minimum Gasteiger partial charge on any atom is -0.463 e. The van der Waals surface area contributed by atoms with Gasteiger partial charge in [0.1, 0.15) is 0 Å². The molecule has 0 radical (unpaired) electrons. The Morgan fingerprint density at radius 1 is 1.63 bits per heavy atom. The third-order valence-corrected chi connectivity index (χ3v) is 3.05. The smallest absolute Gasteiger partial charge is 0.330 e. The van der Waals surface area contributed by atoms with Crippen LogP contribution in [0.2, 0.25) is 0 Å². The summed E-state index contributed by atoms with van der Waals surface area (Å²) in [5, 5.41) is 11.7. The van der Waals surface area contributed by atoms with Gasteiger partial charge in [-0.1, -0.05) is 35.9 Å². The summed E-state index contributed by atoms with van der Waals surface area (Å²) in [6, 6.07) is 0. The number of hydrogen-bond donors (Lipinski definition) is 2. The molecule has 0 bridgehead atoms. The van der Waals surface area contributed by atoms with Crippen molar-refractivity contribution in [3.8, 4) is 0 Å². The fourth-order valence-corrected chi connectivity index (χ4v) is 2.11. The fourth-order valence-electron chi connectivity index (χ4n) is 2.11. The second-order valence-electron chi connectivity index (χ2n) is 4.49. The highest BCUT2D eigenvalue weighted by Gasteiger charge is 2.21. The van der Waals surface area contributed by atoms with Crippen molar-refractivity contribution in [3.63, 3.8) is 0 Å². The van der Waals surface area contributed by atoms with E-state index in [-0.39, 0.29) is 23.6 Å². The number of amidine groups is 1. The largest absolute Gasteiger partial charge is 0.463 e. The Morgan fingerprint density at radius 2 is 2.32 bits per heavy atom. The molecule has 1 rings (SSSR count). The van der Waals surface area contributed by atoms with Crippen LogP contribution in [0.3, 0.4) is 0 Å². The van der Waals surface area contributed by atoms with Crippen molar-refractivity contribution < 1.29 is 14.7 Å². The fraction of sp³-hybridized carbons (Fsp3) is 0.429. The van der Waals surface area contributed by atoms with Gasteiger partial charge in [-0.15, -0.1) is 0 Å². The Kier molecular flexibility index (Phi) is 5.36. The van der Waals surface area contributed by atoms with Gasteiger partial charge in [-0.2, -0.15) is 0 Å². The van der Waals surface area contributed by atoms with Crippen LogP contribution in [0.4, 0.5) is 0 Å². The molecule has 0 saturated carbocycles. The first-order valence-electron chi connectivity index (χ1n) is 6.22. The van der Waals surface area contributed by atoms with Gasteiger partial charge in [0, 0.05) is 17.6 Å². The van der Waals surface area contributed by atoms with Crippen molar-refractivity contribution in [1.29, 1.82) is 0 Å². The molecule has 2 atom stereocenters. The Morgan fingerprint density at radius 3 is 2.84 bits per heavy atom. The van der Waals surface area contributed by atoms with Crippen LogP contribution in [0.25, 0.3) is 0 Å². The number of allylic oxidation sites excluding steroid dienone is 3. The number of oxime groups is 1. The molecule has 0 fully saturated rings. The number of nitrogens with zero attached hydrogens (tertiary/aromatic N) is 1. The van der Waals surface area contributed by atoms with Crippen LogP contribution < -0.4 is 5.73 Å². The predicted molar refractivity (Wildman–Crippen MR) is 73.7 cm³/mol. The molecule has 0 aromatic heterocycles. The van der Waals surface area contributed by atoms with Crippen LogP contribution in [0, 0.1) is 11.8 Å². The number of nitrogens with two attached hydrogens (primary N) is 1. The Labute approximate surface area is 113 Å². The molecule has 0 heterocycles. The first kappa shape index (κ1) is 15.0. The monoisotopic (exact) mass is 264 g/mol. The maximum atomic E-state index is 11.3. The average molecular weight is 264 g/mol. The molecule has 1 aliphatic rings. The van der Waals surface area contributed by atoms with Gasteiger partial charge in [0.05, 0.1) is 6.61 Å². The van der Waals surface area contributed by atoms with Gasteiger partial charge in [0.15, 0.2) is 5.84 Å². The van der Waals surface area contributed by atoms with Gasteiger partial charge in [-0.05, 0) is 19.8 Å². The van der Waals surface area contributed by atoms with Crippen molar-refractivity contribution in [1.82, 2.24) is 0 Å². The Balaban J connectivity index is 2.83. The van der Waals surface area contributed by atoms with E-state index in [1.807, 2.05) is 32.1 Å². The molecule has 0 saturated heterocycles. The van der Waals surface area contributed by atoms with Crippen molar-refractivity contribution >= 4 is 11.8 Å². The molecular formula is C14H20N2O3. The summed E-state index contributed by atoms with van der Waals surface area (Å²) in [4.78, 5) is 11.3. The van der Waals surface area contributed by atoms with Crippen LogP contribution in [-0.2, 0) is 9.53 Å². The molecule has 0 aliphatic heterocycles. The molecule has 0 amide bonds. The highest BCUT2D eigenvalue weighted by atomic mass is 16.5. The third-order valence-electron chi connectivity index (χ3n) is 3.05. The zero-order chi connectivity index (χ0) is 14.4. The Bertz CT molecular complexity index is 461. The molecule has 5 nitrogen and oxygen atoms in total. The standard InChI is InChI=1S/C14H20N2O3/c1-4-19-13(17)6-5-12-9(2)7-11(8-10(12)3)14(15)16-18/h5-9,12,18H,4H2,1-3H3,(H2,15,16)/b6-5+. The van der Waals surface area contributed by atoms with Gasteiger partial charge in [-0.25, -0.2) is 4.79 Å². The summed E-state index contributed by atoms with van der Waals surface area (Å²) in [5.74, 6) is 0.0263. The number of esters is 1. The van der Waals surface area contributed by atoms with Gasteiger partial charge in [0.25, 0.3) is 0 Å². The predicted octanol–water partition coefficient (Wildman–Crippen LogP) is 1.99. The molecule has 0 aromatic rings. The van der Waals surface area contributed by atoms with E-state index >= 15 is 0 Å². The normalized spacial score (nSPS) is 24.1. The number of rotatable bonds is 4. The maximum absolute atomic E-state index is 11.3. The lowest BCUT2D eigenvalue weighted by Crippen LogP contribution is -2.21. The number of carbonyl (C=O) groups excluding carboxylic acids is 1. The molecule has 0 spiro atoms. The molecule has 19 heavy (non-hydrogen) atoms. The minimum absolute atomic E-state index is 0.0963. The second kappa shape index (κ2) is 6.78. The first-order valence-corrected chi connectivity index (χ1v) is 6.22. The lowest BCUT2D eigenvalue weighted by Gasteiger charge is -2.24. The summed E-state index contributed by atoms with van der Waals surface area (Å²) in [5.41, 5.74) is 7.33. The van der Waals surface area contributed by atoms with Gasteiger partial charge in [-0.3, -0.25) is 0 Å². The summed E-state index contributed by atoms with van der Waals surface area (Å²) >= 11 is 0. The highest BCUT2D eigenvalue weighted by molar-refractivity contribution is 5.99. The lowest BCUT2D eigenvalue weighted by molar-refractivity contribution is -0.137. The van der Waals surface area contributed by atoms with Gasteiger partial charge < -0.3 is 15.7 Å². The van der Waals surface area contributed by atoms with E-state index in [1.54, 1.807) is 6.92 Å². The number of carbonyl (C=O) groups is 1. The lowest BCUT2D eigenvalue weighted by atomic mass is 9.81. The molecule has 1 aliphatic carbocycles. The van der Waals surface area contributed by atoms with Crippen LogP contribution in [0.15, 0.2) is 40.6 Å². The van der Waals surface area contributed by atoms with E-state index in [0.717, 1.165) is 5.57 Å². The number of hydrogen-bond acceptors (Lipinski definition) is 4. The van der Waals surface area contributed by atoms with Crippen LogP contribution >= 0.6 is 0 Å². The van der Waals surface area contributed by atoms with Crippen LogP contribution in [-0.4, -0.2) is 23.6 Å². The minimum atomic E-state index is -0.339. The topological polar surface area (TPSA) is 84.9 Å². The average Bonchev–Trinajstić information content (AvgIpc) is 2.36. The zero-order valence-electron chi connectivity index (χ0n) is 11.5. The van der Waals surface area contributed by atoms with E-state index < -0.39 is 0 Å². The zero-order valence-corrected chi connectivity index (χ0v) is 11.5. The first-order chi connectivity index (χ1) is 8.99. The maximum Gasteiger partial charge on any atom is 0.330 e. The van der Waals surface area contributed by atoms with Gasteiger partial charge >= 0.3 is 5.97 Å². The van der Waals surface area contributed by atoms with E-state index in [0.29, 0.717) is 12.2 Å². The van der Waals surface area contributed by atoms with Gasteiger partial charge in [0.2, 0.25) is 0 Å². The van der Waals surface area contributed by atoms with Crippen LogP contribution in [0.5, 0.6) is 0 Å². The summed E-state index contributed by atoms with van der Waals surface area (Å²) in [6.45, 7) is 6.10. The summed E-state index contributed by atoms with van der Waals surface area (Å²) in [6.07, 6.45) is 7.05. The van der Waals surface area contributed by atoms with Crippen molar-refractivity contribution in [2.45, 2.75) is 20.8 Å². The third kappa shape index (κ3) is 3.98. The van der Waals surface area contributed by atoms with Crippen molar-refractivity contribution in [2.24, 2.45) is 22.7 Å². The Hall–Kier alpha value is -2.04. The molecule has 104 valence electrons. The summed E-state index contributed by atoms with van der Waals surface area (Å²) < 4.78 is 4.85. The summed E-state index contributed by atoms with van der Waals surface area (Å²) in [7, 11) is 0. The van der Waals surface area contributed by atoms with Crippen molar-refractivity contribution in [2.75, 3.05) is 6.61 Å². The molecule has 3 N–H and O–H groups in total. The van der Waals surface area contributed by atoms with Crippen molar-refractivity contribution in [3.05, 3.63) is 35.5 Å². The molecule has 5 heteroatoms. The quantitative estimate of drug-likeness (QED) is 0.203. The second-order valence-corrected chi connectivity index (χ2v) is 4.49. The van der Waals surface area contributed by atoms with E-state index in [9.17, 15) is 4.79 Å². The SMILES string of the molecule is CCOC(=O)/C=C/C1C(C)=CC(/C(N)=N/O)=CC1C. The van der Waals surface area contributed by atoms with Crippen LogP contribution in [0.1, 0.15) is 20.8 Å². The van der Waals surface area contributed by atoms with E-state index in [2.05, 4.69) is 5.16 Å². The molecular weight excluding hydrogens is 244 g/mol. The number of ether oxygens (including phenoxy) is 1. The highest BCUT2D eigenvalue weighted by Crippen LogP contribution is 2.30. The molecule has 2 unspecified atom stereocenters. The molecule has 0 aromatic carbocycles.